The molecule has 4 amide bonds. The minimum atomic E-state index is -0.624. The Kier molecular flexibility index (Phi) is 8.11. The molecule has 3 rings (SSSR count). The molecular weight excluding hydrogens is 430 g/mol. The molecule has 1 aliphatic heterocycles. The molecule has 1 saturated heterocycles. The van der Waals surface area contributed by atoms with Crippen molar-refractivity contribution < 1.29 is 19.1 Å². The number of imide groups is 1. The molecule has 2 aromatic rings. The van der Waals surface area contributed by atoms with Crippen molar-refractivity contribution in [3.63, 3.8) is 0 Å². The van der Waals surface area contributed by atoms with Gasteiger partial charge < -0.3 is 15.4 Å². The summed E-state index contributed by atoms with van der Waals surface area (Å²) in [5.74, 6) is -0.811. The lowest BCUT2D eigenvalue weighted by Gasteiger charge is -2.26. The lowest BCUT2D eigenvalue weighted by molar-refractivity contribution is -0.133. The average molecular weight is 458 g/mol. The van der Waals surface area contributed by atoms with Crippen molar-refractivity contribution in [3.05, 3.63) is 64.7 Å². The van der Waals surface area contributed by atoms with E-state index in [0.717, 1.165) is 22.4 Å². The molecule has 2 atom stereocenters. The summed E-state index contributed by atoms with van der Waals surface area (Å²) in [5, 5.41) is 6.20. The molecule has 0 aliphatic carbocycles. The monoisotopic (exact) mass is 457 g/mol. The fraction of sp³-hybridized carbons (Fsp3) is 0.375. The number of urea groups is 1. The first kappa shape index (κ1) is 23.6. The Balaban J connectivity index is 1.80. The molecule has 170 valence electrons. The zero-order chi connectivity index (χ0) is 23.1. The van der Waals surface area contributed by atoms with Gasteiger partial charge in [0.05, 0.1) is 19.1 Å². The van der Waals surface area contributed by atoms with Crippen LogP contribution in [0.15, 0.2) is 48.5 Å². The van der Waals surface area contributed by atoms with Crippen molar-refractivity contribution in [2.75, 3.05) is 20.2 Å². The highest BCUT2D eigenvalue weighted by Gasteiger charge is 2.35. The summed E-state index contributed by atoms with van der Waals surface area (Å²) in [4.78, 5) is 39.7. The van der Waals surface area contributed by atoms with E-state index in [2.05, 4.69) is 10.6 Å². The number of halogens is 1. The predicted octanol–water partition coefficient (Wildman–Crippen LogP) is 3.72. The van der Waals surface area contributed by atoms with Gasteiger partial charge in [-0.15, -0.1) is 0 Å². The average Bonchev–Trinajstić information content (AvgIpc) is 2.93. The van der Waals surface area contributed by atoms with Crippen LogP contribution in [0.4, 0.5) is 4.79 Å². The molecule has 2 unspecified atom stereocenters. The van der Waals surface area contributed by atoms with Crippen molar-refractivity contribution in [2.24, 2.45) is 5.92 Å². The topological polar surface area (TPSA) is 87.7 Å². The summed E-state index contributed by atoms with van der Waals surface area (Å²) in [7, 11) is 1.54. The summed E-state index contributed by atoms with van der Waals surface area (Å²) >= 11 is 6.12. The molecule has 0 aromatic heterocycles. The van der Waals surface area contributed by atoms with Crippen molar-refractivity contribution in [1.82, 2.24) is 15.5 Å². The third-order valence-corrected chi connectivity index (χ3v) is 5.73. The zero-order valence-corrected chi connectivity index (χ0v) is 19.0. The van der Waals surface area contributed by atoms with Gasteiger partial charge >= 0.3 is 6.03 Å². The molecule has 2 aromatic carbocycles. The van der Waals surface area contributed by atoms with Gasteiger partial charge in [-0.05, 0) is 42.2 Å². The first-order chi connectivity index (χ1) is 15.4. The van der Waals surface area contributed by atoms with Gasteiger partial charge in [-0.2, -0.15) is 0 Å². The molecule has 0 radical (unpaired) electrons. The highest BCUT2D eigenvalue weighted by atomic mass is 35.5. The van der Waals surface area contributed by atoms with Crippen LogP contribution < -0.4 is 15.4 Å². The number of methoxy groups -OCH3 is 1. The van der Waals surface area contributed by atoms with Crippen molar-refractivity contribution in [1.29, 1.82) is 0 Å². The maximum Gasteiger partial charge on any atom is 0.325 e. The van der Waals surface area contributed by atoms with Crippen LogP contribution in [0, 0.1) is 5.92 Å². The second kappa shape index (κ2) is 11.0. The number of hydrogen-bond acceptors (Lipinski definition) is 4. The van der Waals surface area contributed by atoms with Crippen LogP contribution >= 0.6 is 11.6 Å². The Bertz CT molecular complexity index is 967. The molecule has 8 heteroatoms. The lowest BCUT2D eigenvalue weighted by atomic mass is 9.97. The van der Waals surface area contributed by atoms with E-state index in [-0.39, 0.29) is 31.5 Å². The molecule has 1 fully saturated rings. The maximum absolute atomic E-state index is 13.3. The molecular formula is C24H28ClN3O4. The second-order valence-electron chi connectivity index (χ2n) is 7.79. The number of hydrogen-bond donors (Lipinski definition) is 2. The molecule has 0 spiro atoms. The van der Waals surface area contributed by atoms with Gasteiger partial charge in [-0.25, -0.2) is 4.79 Å². The van der Waals surface area contributed by atoms with E-state index in [9.17, 15) is 14.4 Å². The van der Waals surface area contributed by atoms with Crippen LogP contribution in [-0.4, -0.2) is 42.9 Å². The molecule has 1 aliphatic rings. The minimum Gasteiger partial charge on any atom is -0.496 e. The van der Waals surface area contributed by atoms with Crippen LogP contribution in [0.3, 0.4) is 0 Å². The summed E-state index contributed by atoms with van der Waals surface area (Å²) in [5.41, 5.74) is 1.69. The third kappa shape index (κ3) is 5.79. The third-order valence-electron chi connectivity index (χ3n) is 5.49. The maximum atomic E-state index is 13.3. The number of nitrogens with one attached hydrogen (secondary N) is 2. The fourth-order valence-electron chi connectivity index (χ4n) is 3.85. The molecule has 0 saturated carbocycles. The molecule has 1 heterocycles. The number of benzene rings is 2. The number of ether oxygens (including phenoxy) is 1. The predicted molar refractivity (Wildman–Crippen MR) is 123 cm³/mol. The van der Waals surface area contributed by atoms with Gasteiger partial charge in [-0.1, -0.05) is 55.3 Å². The van der Waals surface area contributed by atoms with Gasteiger partial charge in [-0.3, -0.25) is 14.5 Å². The van der Waals surface area contributed by atoms with Crippen molar-refractivity contribution in [2.45, 2.75) is 32.2 Å². The Morgan fingerprint density at radius 1 is 1.25 bits per heavy atom. The summed E-state index contributed by atoms with van der Waals surface area (Å²) in [6, 6.07) is 13.9. The molecule has 0 bridgehead atoms. The summed E-state index contributed by atoms with van der Waals surface area (Å²) in [6.07, 6.45) is 1.85. The largest absolute Gasteiger partial charge is 0.496 e. The van der Waals surface area contributed by atoms with Gasteiger partial charge in [0.2, 0.25) is 11.8 Å². The summed E-state index contributed by atoms with van der Waals surface area (Å²) in [6.45, 7) is 1.84. The number of rotatable bonds is 7. The second-order valence-corrected chi connectivity index (χ2v) is 8.22. The highest BCUT2D eigenvalue weighted by Crippen LogP contribution is 2.26. The number of amides is 4. The number of carbonyl (C=O) groups is 3. The quantitative estimate of drug-likeness (QED) is 0.663. The first-order valence-corrected chi connectivity index (χ1v) is 11.1. The van der Waals surface area contributed by atoms with Crippen LogP contribution in [-0.2, 0) is 16.0 Å². The normalized spacial score (nSPS) is 17.3. The van der Waals surface area contributed by atoms with Crippen molar-refractivity contribution >= 4 is 29.4 Å². The van der Waals surface area contributed by atoms with E-state index in [4.69, 9.17) is 16.3 Å². The highest BCUT2D eigenvalue weighted by molar-refractivity contribution is 6.30. The van der Waals surface area contributed by atoms with E-state index in [0.29, 0.717) is 17.2 Å². The standard InChI is InChI=1S/C24H28ClN3O4/c1-3-7-20(16-8-5-4-6-9-16)27-24(31)28-15-22(29)26-14-18(23(28)30)12-17-13-19(25)10-11-21(17)32-2/h4-6,8-11,13,18,20H,3,7,12,14-15H2,1-2H3,(H,26,29)(H,27,31). The first-order valence-electron chi connectivity index (χ1n) is 10.7. The van der Waals surface area contributed by atoms with Crippen LogP contribution in [0.1, 0.15) is 36.9 Å². The lowest BCUT2D eigenvalue weighted by Crippen LogP contribution is -2.48. The number of nitrogens with zero attached hydrogens (tertiary/aromatic N) is 1. The van der Waals surface area contributed by atoms with Gasteiger partial charge in [0.15, 0.2) is 0 Å². The Hall–Kier alpha value is -3.06. The van der Waals surface area contributed by atoms with E-state index in [1.165, 1.54) is 0 Å². The van der Waals surface area contributed by atoms with Gasteiger partial charge in [0.1, 0.15) is 12.3 Å². The smallest absolute Gasteiger partial charge is 0.325 e. The Labute approximate surface area is 193 Å². The van der Waals surface area contributed by atoms with Crippen LogP contribution in [0.25, 0.3) is 0 Å². The van der Waals surface area contributed by atoms with E-state index in [1.807, 2.05) is 37.3 Å². The van der Waals surface area contributed by atoms with Crippen LogP contribution in [0.5, 0.6) is 5.75 Å². The van der Waals surface area contributed by atoms with Gasteiger partial charge in [0, 0.05) is 11.6 Å². The fourth-order valence-corrected chi connectivity index (χ4v) is 4.04. The Morgan fingerprint density at radius 3 is 2.69 bits per heavy atom. The minimum absolute atomic E-state index is 0.133. The number of carbonyl (C=O) groups excluding carboxylic acids is 3. The van der Waals surface area contributed by atoms with Crippen molar-refractivity contribution in [3.8, 4) is 5.75 Å². The van der Waals surface area contributed by atoms with E-state index < -0.39 is 17.9 Å². The van der Waals surface area contributed by atoms with E-state index in [1.54, 1.807) is 25.3 Å². The van der Waals surface area contributed by atoms with Crippen LogP contribution in [0.2, 0.25) is 5.02 Å². The molecule has 32 heavy (non-hydrogen) atoms. The van der Waals surface area contributed by atoms with E-state index >= 15 is 0 Å². The molecule has 2 N–H and O–H groups in total. The zero-order valence-electron chi connectivity index (χ0n) is 18.3. The SMILES string of the molecule is CCCC(NC(=O)N1CC(=O)NCC(Cc2cc(Cl)ccc2OC)C1=O)c1ccccc1. The van der Waals surface area contributed by atoms with Gasteiger partial charge in [0.25, 0.3) is 0 Å². The molecule has 7 nitrogen and oxygen atoms in total. The Morgan fingerprint density at radius 2 is 2.00 bits per heavy atom. The summed E-state index contributed by atoms with van der Waals surface area (Å²) < 4.78 is 5.38.